The second-order valence-electron chi connectivity index (χ2n) is 6.31. The molecule has 4 heterocycles. The number of ether oxygens (including phenoxy) is 1. The highest BCUT2D eigenvalue weighted by Gasteiger charge is 2.55. The Morgan fingerprint density at radius 1 is 1.22 bits per heavy atom. The molecule has 3 aromatic rings. The van der Waals surface area contributed by atoms with Crippen LogP contribution < -0.4 is 10.1 Å². The molecule has 0 bridgehead atoms. The maximum atomic E-state index is 13.2. The zero-order valence-electron chi connectivity index (χ0n) is 14.0. The number of amides is 3. The second kappa shape index (κ2) is 5.92. The van der Waals surface area contributed by atoms with E-state index in [0.29, 0.717) is 30.2 Å². The van der Waals surface area contributed by atoms with E-state index in [-0.39, 0.29) is 18.3 Å². The van der Waals surface area contributed by atoms with Crippen LogP contribution >= 0.6 is 11.3 Å². The molecule has 0 unspecified atom stereocenters. The van der Waals surface area contributed by atoms with Crippen LogP contribution in [0.5, 0.6) is 5.75 Å². The number of benzene rings is 1. The first kappa shape index (κ1) is 16.0. The third-order valence-corrected chi connectivity index (χ3v) is 5.63. The first-order valence-electron chi connectivity index (χ1n) is 8.40. The van der Waals surface area contributed by atoms with Gasteiger partial charge in [0.15, 0.2) is 5.54 Å². The summed E-state index contributed by atoms with van der Waals surface area (Å²) in [5.41, 5.74) is -0.440. The molecule has 1 spiro atoms. The summed E-state index contributed by atoms with van der Waals surface area (Å²) in [7, 11) is 0. The standard InChI is InChI=1S/C18H14N4O4S/c23-16-18(7-8-25-12-5-2-1-4-11(12)18)20-17(24)22(16)10-14-19-15(21-26-14)13-6-3-9-27-13/h1-6,9H,7-8,10H2,(H,20,24)/t18-/m0/s1. The fourth-order valence-corrected chi connectivity index (χ4v) is 4.12. The molecule has 27 heavy (non-hydrogen) atoms. The SMILES string of the molecule is O=C1N[C@]2(CCOc3ccccc32)C(=O)N1Cc1nc(-c2cccs2)no1. The Balaban J connectivity index is 1.44. The number of nitrogens with one attached hydrogen (secondary N) is 1. The molecular weight excluding hydrogens is 368 g/mol. The van der Waals surface area contributed by atoms with Crippen molar-refractivity contribution < 1.29 is 18.8 Å². The van der Waals surface area contributed by atoms with E-state index in [1.165, 1.54) is 11.3 Å². The van der Waals surface area contributed by atoms with Crippen molar-refractivity contribution in [1.82, 2.24) is 20.4 Å². The number of nitrogens with zero attached hydrogens (tertiary/aromatic N) is 3. The number of carbonyl (C=O) groups is 2. The van der Waals surface area contributed by atoms with E-state index in [0.717, 1.165) is 9.78 Å². The van der Waals surface area contributed by atoms with Crippen molar-refractivity contribution >= 4 is 23.3 Å². The van der Waals surface area contributed by atoms with Crippen molar-refractivity contribution in [2.45, 2.75) is 18.5 Å². The van der Waals surface area contributed by atoms with Crippen LogP contribution in [0.15, 0.2) is 46.3 Å². The van der Waals surface area contributed by atoms with Crippen LogP contribution in [0.25, 0.3) is 10.7 Å². The van der Waals surface area contributed by atoms with Gasteiger partial charge in [-0.3, -0.25) is 9.69 Å². The van der Waals surface area contributed by atoms with E-state index in [9.17, 15) is 9.59 Å². The summed E-state index contributed by atoms with van der Waals surface area (Å²) in [6, 6.07) is 10.5. The van der Waals surface area contributed by atoms with Gasteiger partial charge in [-0.15, -0.1) is 11.3 Å². The summed E-state index contributed by atoms with van der Waals surface area (Å²) >= 11 is 1.48. The molecule has 1 saturated heterocycles. The Bertz CT molecular complexity index is 1030. The van der Waals surface area contributed by atoms with Gasteiger partial charge in [0.25, 0.3) is 5.91 Å². The van der Waals surface area contributed by atoms with Crippen LogP contribution in [-0.2, 0) is 16.9 Å². The van der Waals surface area contributed by atoms with Crippen LogP contribution in [-0.4, -0.2) is 33.6 Å². The third-order valence-electron chi connectivity index (χ3n) is 4.76. The van der Waals surface area contributed by atoms with Crippen molar-refractivity contribution in [2.75, 3.05) is 6.61 Å². The molecule has 2 aliphatic heterocycles. The molecule has 1 atom stereocenters. The predicted octanol–water partition coefficient (Wildman–Crippen LogP) is 2.53. The van der Waals surface area contributed by atoms with Crippen LogP contribution in [0.1, 0.15) is 17.9 Å². The number of thiophene rings is 1. The Hall–Kier alpha value is -3.20. The molecule has 3 amide bonds. The lowest BCUT2D eigenvalue weighted by molar-refractivity contribution is -0.133. The van der Waals surface area contributed by atoms with Gasteiger partial charge in [-0.1, -0.05) is 29.4 Å². The third kappa shape index (κ3) is 2.42. The number of hydrogen-bond donors (Lipinski definition) is 1. The molecular formula is C18H14N4O4S. The number of carbonyl (C=O) groups excluding carboxylic acids is 2. The molecule has 2 aromatic heterocycles. The molecule has 0 aliphatic carbocycles. The molecule has 0 radical (unpaired) electrons. The Morgan fingerprint density at radius 2 is 2.11 bits per heavy atom. The predicted molar refractivity (Wildman–Crippen MR) is 94.9 cm³/mol. The molecule has 8 nitrogen and oxygen atoms in total. The lowest BCUT2D eigenvalue weighted by atomic mass is 9.84. The van der Waals surface area contributed by atoms with E-state index in [4.69, 9.17) is 9.26 Å². The van der Waals surface area contributed by atoms with Gasteiger partial charge in [-0.2, -0.15) is 4.98 Å². The van der Waals surface area contributed by atoms with Crippen molar-refractivity contribution in [2.24, 2.45) is 0 Å². The second-order valence-corrected chi connectivity index (χ2v) is 7.26. The molecule has 2 aliphatic rings. The summed E-state index contributed by atoms with van der Waals surface area (Å²) in [6.45, 7) is 0.272. The van der Waals surface area contributed by atoms with Gasteiger partial charge in [-0.05, 0) is 17.5 Å². The number of aromatic nitrogens is 2. The number of rotatable bonds is 3. The fraction of sp³-hybridized carbons (Fsp3) is 0.222. The number of hydrogen-bond acceptors (Lipinski definition) is 7. The van der Waals surface area contributed by atoms with Crippen molar-refractivity contribution in [3.63, 3.8) is 0 Å². The monoisotopic (exact) mass is 382 g/mol. The zero-order chi connectivity index (χ0) is 18.4. The summed E-state index contributed by atoms with van der Waals surface area (Å²) in [5.74, 6) is 0.925. The molecule has 5 rings (SSSR count). The Kier molecular flexibility index (Phi) is 3.51. The van der Waals surface area contributed by atoms with E-state index in [1.54, 1.807) is 12.1 Å². The van der Waals surface area contributed by atoms with E-state index in [1.807, 2.05) is 29.6 Å². The van der Waals surface area contributed by atoms with Gasteiger partial charge in [0.1, 0.15) is 12.3 Å². The van der Waals surface area contributed by atoms with Crippen LogP contribution in [0.2, 0.25) is 0 Å². The summed E-state index contributed by atoms with van der Waals surface area (Å²) in [5, 5.41) is 8.69. The minimum Gasteiger partial charge on any atom is -0.493 e. The average molecular weight is 382 g/mol. The largest absolute Gasteiger partial charge is 0.493 e. The lowest BCUT2D eigenvalue weighted by Crippen LogP contribution is -2.47. The number of para-hydroxylation sites is 1. The summed E-state index contributed by atoms with van der Waals surface area (Å²) in [4.78, 5) is 32.0. The lowest BCUT2D eigenvalue weighted by Gasteiger charge is -2.33. The highest BCUT2D eigenvalue weighted by Crippen LogP contribution is 2.41. The van der Waals surface area contributed by atoms with Crippen molar-refractivity contribution in [3.05, 3.63) is 53.2 Å². The molecule has 0 saturated carbocycles. The zero-order valence-corrected chi connectivity index (χ0v) is 14.9. The van der Waals surface area contributed by atoms with Crippen molar-refractivity contribution in [1.29, 1.82) is 0 Å². The van der Waals surface area contributed by atoms with Crippen molar-refractivity contribution in [3.8, 4) is 16.5 Å². The summed E-state index contributed by atoms with van der Waals surface area (Å²) in [6.07, 6.45) is 0.370. The molecule has 136 valence electrons. The van der Waals surface area contributed by atoms with Crippen LogP contribution in [0, 0.1) is 0 Å². The number of fused-ring (bicyclic) bond motifs is 2. The van der Waals surface area contributed by atoms with Gasteiger partial charge in [0.2, 0.25) is 11.7 Å². The summed E-state index contributed by atoms with van der Waals surface area (Å²) < 4.78 is 10.9. The van der Waals surface area contributed by atoms with Gasteiger partial charge < -0.3 is 14.6 Å². The molecule has 9 heteroatoms. The number of imide groups is 1. The molecule has 1 aromatic carbocycles. The number of urea groups is 1. The van der Waals surface area contributed by atoms with E-state index < -0.39 is 11.6 Å². The van der Waals surface area contributed by atoms with Crippen LogP contribution in [0.4, 0.5) is 4.79 Å². The topological polar surface area (TPSA) is 97.6 Å². The van der Waals surface area contributed by atoms with E-state index >= 15 is 0 Å². The minimum atomic E-state index is -1.11. The highest BCUT2D eigenvalue weighted by molar-refractivity contribution is 7.13. The fourth-order valence-electron chi connectivity index (χ4n) is 3.48. The van der Waals surface area contributed by atoms with Gasteiger partial charge in [-0.25, -0.2) is 4.79 Å². The Morgan fingerprint density at radius 3 is 2.96 bits per heavy atom. The maximum absolute atomic E-state index is 13.2. The van der Waals surface area contributed by atoms with Gasteiger partial charge in [0.05, 0.1) is 11.5 Å². The smallest absolute Gasteiger partial charge is 0.325 e. The minimum absolute atomic E-state index is 0.0756. The highest BCUT2D eigenvalue weighted by atomic mass is 32.1. The normalized spacial score (nSPS) is 21.3. The van der Waals surface area contributed by atoms with Gasteiger partial charge in [0, 0.05) is 12.0 Å². The quantitative estimate of drug-likeness (QED) is 0.699. The van der Waals surface area contributed by atoms with E-state index in [2.05, 4.69) is 15.5 Å². The molecule has 1 N–H and O–H groups in total. The average Bonchev–Trinajstić information content (AvgIpc) is 3.40. The molecule has 1 fully saturated rings. The Labute approximate surface area is 157 Å². The maximum Gasteiger partial charge on any atom is 0.325 e. The first-order chi connectivity index (χ1) is 13.2. The van der Waals surface area contributed by atoms with Crippen LogP contribution in [0.3, 0.4) is 0 Å². The van der Waals surface area contributed by atoms with Gasteiger partial charge >= 0.3 is 6.03 Å². The first-order valence-corrected chi connectivity index (χ1v) is 9.28.